The molecule has 0 aliphatic rings. The van der Waals surface area contributed by atoms with Crippen LogP contribution in [0.2, 0.25) is 0 Å². The van der Waals surface area contributed by atoms with Gasteiger partial charge in [0.1, 0.15) is 0 Å². The van der Waals surface area contributed by atoms with Gasteiger partial charge in [0, 0.05) is 21.9 Å². The van der Waals surface area contributed by atoms with Gasteiger partial charge in [-0.2, -0.15) is 0 Å². The monoisotopic (exact) mass is 354 g/mol. The highest BCUT2D eigenvalue weighted by atomic mass is 32.2. The summed E-state index contributed by atoms with van der Waals surface area (Å²) in [5, 5.41) is 19.8. The highest BCUT2D eigenvalue weighted by Crippen LogP contribution is 2.24. The van der Waals surface area contributed by atoms with Gasteiger partial charge in [-0.15, -0.1) is 11.8 Å². The lowest BCUT2D eigenvalue weighted by Crippen LogP contribution is -2.07. The van der Waals surface area contributed by atoms with Gasteiger partial charge >= 0.3 is 5.97 Å². The van der Waals surface area contributed by atoms with E-state index in [1.54, 1.807) is 48.5 Å². The normalized spacial score (nSPS) is 11.2. The maximum atomic E-state index is 11.9. The highest BCUT2D eigenvalue weighted by Gasteiger charge is 2.08. The molecule has 0 fully saturated rings. The van der Waals surface area contributed by atoms with Gasteiger partial charge < -0.3 is 10.2 Å². The molecule has 2 aromatic carbocycles. The van der Waals surface area contributed by atoms with Crippen LogP contribution in [0, 0.1) is 0 Å². The molecular weight excluding hydrogens is 340 g/mol. The lowest BCUT2D eigenvalue weighted by atomic mass is 10.1. The van der Waals surface area contributed by atoms with E-state index < -0.39 is 5.97 Å². The van der Waals surface area contributed by atoms with E-state index in [2.05, 4.69) is 9.98 Å². The number of nitrogens with zero attached hydrogens (tertiary/aromatic N) is 1. The lowest BCUT2D eigenvalue weighted by molar-refractivity contribution is -0.133. The third kappa shape index (κ3) is 3.89. The van der Waals surface area contributed by atoms with Crippen LogP contribution in [0.15, 0.2) is 63.2 Å². The van der Waals surface area contributed by atoms with Crippen LogP contribution >= 0.6 is 11.8 Å². The molecule has 0 atom stereocenters. The molecule has 0 unspecified atom stereocenters. The molecule has 0 amide bonds. The number of nitrogens with one attached hydrogen (secondary N) is 1. The van der Waals surface area contributed by atoms with E-state index in [1.807, 2.05) is 0 Å². The van der Waals surface area contributed by atoms with Crippen molar-refractivity contribution in [3.8, 4) is 5.88 Å². The number of carbonyl (C=O) groups is 1. The van der Waals surface area contributed by atoms with E-state index in [9.17, 15) is 14.7 Å². The Morgan fingerprint density at radius 2 is 1.80 bits per heavy atom. The van der Waals surface area contributed by atoms with Crippen molar-refractivity contribution in [1.29, 1.82) is 0 Å². The number of aliphatic imine (C=N–C) groups is 1. The predicted molar refractivity (Wildman–Crippen MR) is 98.3 cm³/mol. The molecular formula is C18H14N2O4S. The minimum absolute atomic E-state index is 0.000144. The fourth-order valence-electron chi connectivity index (χ4n) is 2.33. The standard InChI is InChI=1S/C18H14N2O4S/c21-16(22)10-25-12-7-5-11(6-8-12)19-9-15-13-3-1-2-4-14(13)17(23)20-18(15)24/h1-9H,10H2,(H,21,22)(H2,20,23,24). The molecule has 0 saturated heterocycles. The Hall–Kier alpha value is -3.06. The molecule has 0 aliphatic carbocycles. The summed E-state index contributed by atoms with van der Waals surface area (Å²) in [4.78, 5) is 30.0. The van der Waals surface area contributed by atoms with Crippen LogP contribution in [0.4, 0.5) is 5.69 Å². The summed E-state index contributed by atoms with van der Waals surface area (Å²) >= 11 is 1.23. The van der Waals surface area contributed by atoms with E-state index in [-0.39, 0.29) is 17.2 Å². The maximum absolute atomic E-state index is 11.9. The van der Waals surface area contributed by atoms with Crippen LogP contribution in [-0.4, -0.2) is 33.1 Å². The quantitative estimate of drug-likeness (QED) is 0.482. The minimum atomic E-state index is -0.868. The smallest absolute Gasteiger partial charge is 0.313 e. The molecule has 6 nitrogen and oxygen atoms in total. The third-order valence-corrected chi connectivity index (χ3v) is 4.49. The molecule has 25 heavy (non-hydrogen) atoms. The first-order chi connectivity index (χ1) is 12.0. The zero-order chi connectivity index (χ0) is 17.8. The number of thioether (sulfide) groups is 1. The molecule has 0 aliphatic heterocycles. The second-order valence-corrected chi connectivity index (χ2v) is 6.25. The van der Waals surface area contributed by atoms with E-state index in [0.717, 1.165) is 4.90 Å². The number of benzene rings is 2. The van der Waals surface area contributed by atoms with Crippen molar-refractivity contribution in [1.82, 2.24) is 4.98 Å². The first-order valence-electron chi connectivity index (χ1n) is 7.37. The molecule has 0 spiro atoms. The summed E-state index contributed by atoms with van der Waals surface area (Å²) in [7, 11) is 0. The number of aromatic hydroxyl groups is 1. The average Bonchev–Trinajstić information content (AvgIpc) is 2.61. The maximum Gasteiger partial charge on any atom is 0.313 e. The van der Waals surface area contributed by atoms with Crippen molar-refractivity contribution in [2.75, 3.05) is 5.75 Å². The molecule has 0 saturated carbocycles. The van der Waals surface area contributed by atoms with Crippen molar-refractivity contribution >= 4 is 40.4 Å². The molecule has 0 bridgehead atoms. The summed E-state index contributed by atoms with van der Waals surface area (Å²) in [6.07, 6.45) is 1.49. The summed E-state index contributed by atoms with van der Waals surface area (Å²) < 4.78 is 0. The molecule has 1 heterocycles. The number of H-pyrrole nitrogens is 1. The van der Waals surface area contributed by atoms with Gasteiger partial charge in [-0.25, -0.2) is 0 Å². The summed E-state index contributed by atoms with van der Waals surface area (Å²) in [6, 6.07) is 14.0. The average molecular weight is 354 g/mol. The van der Waals surface area contributed by atoms with E-state index in [1.165, 1.54) is 18.0 Å². The topological polar surface area (TPSA) is 103 Å². The first kappa shape index (κ1) is 16.8. The van der Waals surface area contributed by atoms with Crippen molar-refractivity contribution in [2.24, 2.45) is 4.99 Å². The van der Waals surface area contributed by atoms with Crippen LogP contribution < -0.4 is 5.56 Å². The predicted octanol–water partition coefficient (Wildman–Crippen LogP) is 3.16. The summed E-state index contributed by atoms with van der Waals surface area (Å²) in [6.45, 7) is 0. The van der Waals surface area contributed by atoms with Gasteiger partial charge in [-0.05, 0) is 30.3 Å². The molecule has 3 rings (SSSR count). The number of fused-ring (bicyclic) bond motifs is 1. The SMILES string of the molecule is O=C(O)CSc1ccc(N=Cc2c(O)[nH]c(=O)c3ccccc23)cc1. The molecule has 1 aromatic heterocycles. The number of aliphatic carboxylic acids is 1. The fourth-order valence-corrected chi connectivity index (χ4v) is 2.95. The van der Waals surface area contributed by atoms with Gasteiger partial charge in [0.2, 0.25) is 5.88 Å². The van der Waals surface area contributed by atoms with Crippen molar-refractivity contribution in [3.05, 3.63) is 64.4 Å². The molecule has 3 N–H and O–H groups in total. The van der Waals surface area contributed by atoms with Gasteiger partial charge in [0.05, 0.1) is 17.0 Å². The minimum Gasteiger partial charge on any atom is -0.494 e. The Morgan fingerprint density at radius 3 is 2.48 bits per heavy atom. The third-order valence-electron chi connectivity index (χ3n) is 3.49. The van der Waals surface area contributed by atoms with Crippen LogP contribution in [0.3, 0.4) is 0 Å². The molecule has 7 heteroatoms. The Kier molecular flexibility index (Phi) is 4.85. The van der Waals surface area contributed by atoms with E-state index in [0.29, 0.717) is 22.0 Å². The van der Waals surface area contributed by atoms with Crippen LogP contribution in [0.1, 0.15) is 5.56 Å². The van der Waals surface area contributed by atoms with Crippen molar-refractivity contribution in [2.45, 2.75) is 4.90 Å². The Bertz CT molecular complexity index is 1010. The number of aromatic amines is 1. The number of hydrogen-bond acceptors (Lipinski definition) is 5. The number of rotatable bonds is 5. The Morgan fingerprint density at radius 1 is 1.12 bits per heavy atom. The van der Waals surface area contributed by atoms with E-state index >= 15 is 0 Å². The van der Waals surface area contributed by atoms with Crippen LogP contribution in [0.25, 0.3) is 10.8 Å². The second kappa shape index (κ2) is 7.23. The Labute approximate surface area is 146 Å². The zero-order valence-electron chi connectivity index (χ0n) is 13.0. The van der Waals surface area contributed by atoms with Gasteiger partial charge in [0.25, 0.3) is 5.56 Å². The largest absolute Gasteiger partial charge is 0.494 e. The summed E-state index contributed by atoms with van der Waals surface area (Å²) in [5.41, 5.74) is 0.721. The van der Waals surface area contributed by atoms with Crippen molar-refractivity contribution in [3.63, 3.8) is 0 Å². The van der Waals surface area contributed by atoms with Crippen molar-refractivity contribution < 1.29 is 15.0 Å². The Balaban J connectivity index is 1.88. The van der Waals surface area contributed by atoms with Gasteiger partial charge in [-0.1, -0.05) is 18.2 Å². The van der Waals surface area contributed by atoms with Gasteiger partial charge in [0.15, 0.2) is 0 Å². The summed E-state index contributed by atoms with van der Waals surface area (Å²) in [5.74, 6) is -1.10. The number of carboxylic acid groups (broad SMARTS) is 1. The van der Waals surface area contributed by atoms with Crippen LogP contribution in [-0.2, 0) is 4.79 Å². The zero-order valence-corrected chi connectivity index (χ0v) is 13.8. The fraction of sp³-hybridized carbons (Fsp3) is 0.0556. The highest BCUT2D eigenvalue weighted by molar-refractivity contribution is 8.00. The van der Waals surface area contributed by atoms with E-state index in [4.69, 9.17) is 5.11 Å². The number of aromatic nitrogens is 1. The molecule has 0 radical (unpaired) electrons. The number of pyridine rings is 1. The van der Waals surface area contributed by atoms with Crippen LogP contribution in [0.5, 0.6) is 5.88 Å². The number of hydrogen-bond donors (Lipinski definition) is 3. The molecule has 126 valence electrons. The second-order valence-electron chi connectivity index (χ2n) is 5.20. The lowest BCUT2D eigenvalue weighted by Gasteiger charge is -2.04. The molecule has 3 aromatic rings. The first-order valence-corrected chi connectivity index (χ1v) is 8.36. The van der Waals surface area contributed by atoms with Gasteiger partial charge in [-0.3, -0.25) is 19.6 Å². The number of carboxylic acids is 1.